The van der Waals surface area contributed by atoms with Crippen molar-refractivity contribution in [3.8, 4) is 17.2 Å². The Kier molecular flexibility index (Phi) is 4.86. The Morgan fingerprint density at radius 3 is 2.67 bits per heavy atom. The number of nitrogens with zero attached hydrogens (tertiary/aromatic N) is 1. The number of pyridine rings is 1. The molecule has 3 heterocycles. The molecule has 2 aliphatic rings. The van der Waals surface area contributed by atoms with E-state index in [9.17, 15) is 18.7 Å². The predicted octanol–water partition coefficient (Wildman–Crippen LogP) is 1.46. The quantitative estimate of drug-likeness (QED) is 0.551. The summed E-state index contributed by atoms with van der Waals surface area (Å²) < 4.78 is 41.1. The lowest BCUT2D eigenvalue weighted by molar-refractivity contribution is -0.286. The van der Waals surface area contributed by atoms with E-state index in [4.69, 9.17) is 9.84 Å². The van der Waals surface area contributed by atoms with Gasteiger partial charge in [-0.15, -0.1) is 8.78 Å². The Morgan fingerprint density at radius 2 is 1.93 bits per heavy atom. The molecule has 4 N–H and O–H groups in total. The number of amides is 1. The number of fused-ring (bicyclic) bond motifs is 2. The van der Waals surface area contributed by atoms with E-state index in [-0.39, 0.29) is 36.2 Å². The molecule has 9 nitrogen and oxygen atoms in total. The van der Waals surface area contributed by atoms with Crippen molar-refractivity contribution in [3.63, 3.8) is 0 Å². The smallest absolute Gasteiger partial charge is 0.492 e. The Bertz CT molecular complexity index is 989. The number of aliphatic hydroxyl groups excluding tert-OH is 2. The number of carbonyl (C=O) groups is 1. The van der Waals surface area contributed by atoms with Gasteiger partial charge < -0.3 is 35.1 Å². The number of benzene rings is 1. The zero-order chi connectivity index (χ0) is 21.5. The van der Waals surface area contributed by atoms with E-state index in [1.165, 1.54) is 12.1 Å². The molecule has 30 heavy (non-hydrogen) atoms. The third-order valence-electron chi connectivity index (χ3n) is 4.84. The van der Waals surface area contributed by atoms with Gasteiger partial charge in [-0.1, -0.05) is 6.07 Å². The zero-order valence-electron chi connectivity index (χ0n) is 15.8. The second-order valence-corrected chi connectivity index (χ2v) is 7.16. The molecule has 0 radical (unpaired) electrons. The molecule has 4 rings (SSSR count). The van der Waals surface area contributed by atoms with Crippen LogP contribution in [-0.4, -0.2) is 53.3 Å². The van der Waals surface area contributed by atoms with Crippen LogP contribution in [0, 0.1) is 0 Å². The number of halogens is 2. The first-order chi connectivity index (χ1) is 14.2. The summed E-state index contributed by atoms with van der Waals surface area (Å²) in [5, 5.41) is 23.8. The summed E-state index contributed by atoms with van der Waals surface area (Å²) in [6, 6.07) is 7.46. The molecular weight excluding hydrogens is 404 g/mol. The molecule has 2 aromatic rings. The summed E-state index contributed by atoms with van der Waals surface area (Å²) in [4.78, 5) is 17.2. The number of rotatable bonds is 6. The minimum atomic E-state index is -3.77. The van der Waals surface area contributed by atoms with Crippen LogP contribution in [0.15, 0.2) is 30.3 Å². The maximum absolute atomic E-state index is 13.3. The molecule has 0 aliphatic carbocycles. The predicted molar refractivity (Wildman–Crippen MR) is 99.9 cm³/mol. The lowest BCUT2D eigenvalue weighted by Crippen LogP contribution is -2.39. The number of hydrogen-bond acceptors (Lipinski definition) is 8. The van der Waals surface area contributed by atoms with Crippen molar-refractivity contribution in [2.75, 3.05) is 30.4 Å². The SMILES string of the molecule is CC1(C(=O)Nc2cccc(NC[C@H](O)CO)n2)COc2cc3c(cc21)OC(F)(F)O3. The highest BCUT2D eigenvalue weighted by Gasteiger charge is 2.48. The summed E-state index contributed by atoms with van der Waals surface area (Å²) in [6.07, 6.45) is -4.71. The largest absolute Gasteiger partial charge is 0.586 e. The molecule has 1 aromatic carbocycles. The van der Waals surface area contributed by atoms with Crippen LogP contribution < -0.4 is 24.8 Å². The minimum absolute atomic E-state index is 0.00587. The fourth-order valence-corrected chi connectivity index (χ4v) is 3.16. The number of alkyl halides is 2. The van der Waals surface area contributed by atoms with E-state index in [1.54, 1.807) is 25.1 Å². The van der Waals surface area contributed by atoms with Crippen molar-refractivity contribution in [2.45, 2.75) is 24.7 Å². The van der Waals surface area contributed by atoms with Gasteiger partial charge in [-0.3, -0.25) is 4.79 Å². The van der Waals surface area contributed by atoms with Crippen LogP contribution in [0.3, 0.4) is 0 Å². The molecule has 2 atom stereocenters. The average molecular weight is 423 g/mol. The van der Waals surface area contributed by atoms with Gasteiger partial charge in [-0.2, -0.15) is 0 Å². The number of nitrogens with one attached hydrogen (secondary N) is 2. The fraction of sp³-hybridized carbons (Fsp3) is 0.368. The second-order valence-electron chi connectivity index (χ2n) is 7.16. The minimum Gasteiger partial charge on any atom is -0.492 e. The standard InChI is InChI=1S/C19H19F2N3O6/c1-18(9-28-12-6-14-13(5-11(12)18)29-19(20,21)30-14)17(27)24-16-4-2-3-15(23-16)22-7-10(26)8-25/h2-6,10,25-26H,7-9H2,1H3,(H2,22,23,24,27)/t10-,18?/m0/s1. The molecular formula is C19H19F2N3O6. The van der Waals surface area contributed by atoms with E-state index in [1.807, 2.05) is 0 Å². The molecule has 1 unspecified atom stereocenters. The third-order valence-corrected chi connectivity index (χ3v) is 4.84. The highest BCUT2D eigenvalue weighted by Crippen LogP contribution is 2.49. The summed E-state index contributed by atoms with van der Waals surface area (Å²) in [6.45, 7) is 1.30. The summed E-state index contributed by atoms with van der Waals surface area (Å²) in [7, 11) is 0. The summed E-state index contributed by atoms with van der Waals surface area (Å²) in [5.41, 5.74) is -0.788. The van der Waals surface area contributed by atoms with Crippen LogP contribution >= 0.6 is 0 Å². The number of hydrogen-bond donors (Lipinski definition) is 4. The molecule has 1 aromatic heterocycles. The number of aliphatic hydroxyl groups is 2. The van der Waals surface area contributed by atoms with E-state index in [0.717, 1.165) is 0 Å². The van der Waals surface area contributed by atoms with E-state index in [2.05, 4.69) is 25.1 Å². The Hall–Kier alpha value is -3.18. The summed E-state index contributed by atoms with van der Waals surface area (Å²) in [5.74, 6) is 0.106. The number of ether oxygens (including phenoxy) is 3. The van der Waals surface area contributed by atoms with Gasteiger partial charge in [-0.05, 0) is 25.1 Å². The van der Waals surface area contributed by atoms with Crippen LogP contribution in [0.25, 0.3) is 0 Å². The maximum Gasteiger partial charge on any atom is 0.586 e. The van der Waals surface area contributed by atoms with Gasteiger partial charge in [0.1, 0.15) is 29.4 Å². The van der Waals surface area contributed by atoms with Crippen LogP contribution in [0.1, 0.15) is 12.5 Å². The van der Waals surface area contributed by atoms with Crippen molar-refractivity contribution < 1.29 is 38.0 Å². The Balaban J connectivity index is 1.52. The third kappa shape index (κ3) is 3.68. The first-order valence-electron chi connectivity index (χ1n) is 9.09. The van der Waals surface area contributed by atoms with Gasteiger partial charge in [0.15, 0.2) is 11.5 Å². The monoisotopic (exact) mass is 423 g/mol. The molecule has 11 heteroatoms. The molecule has 0 fully saturated rings. The summed E-state index contributed by atoms with van der Waals surface area (Å²) >= 11 is 0. The topological polar surface area (TPSA) is 122 Å². The molecule has 0 spiro atoms. The lowest BCUT2D eigenvalue weighted by atomic mass is 9.83. The van der Waals surface area contributed by atoms with E-state index < -0.39 is 30.3 Å². The first kappa shape index (κ1) is 20.1. The molecule has 0 saturated heterocycles. The van der Waals surface area contributed by atoms with Crippen LogP contribution in [0.5, 0.6) is 17.2 Å². The van der Waals surface area contributed by atoms with Gasteiger partial charge in [0.2, 0.25) is 5.91 Å². The number of carbonyl (C=O) groups excluding carboxylic acids is 1. The van der Waals surface area contributed by atoms with Gasteiger partial charge >= 0.3 is 6.29 Å². The van der Waals surface area contributed by atoms with Crippen molar-refractivity contribution in [2.24, 2.45) is 0 Å². The number of anilines is 2. The Labute approximate surface area is 169 Å². The molecule has 0 bridgehead atoms. The van der Waals surface area contributed by atoms with Crippen molar-refractivity contribution in [3.05, 3.63) is 35.9 Å². The molecule has 1 amide bonds. The fourth-order valence-electron chi connectivity index (χ4n) is 3.16. The highest BCUT2D eigenvalue weighted by molar-refractivity contribution is 5.99. The number of aromatic nitrogens is 1. The van der Waals surface area contributed by atoms with Gasteiger partial charge in [0, 0.05) is 18.2 Å². The first-order valence-corrected chi connectivity index (χ1v) is 9.09. The maximum atomic E-state index is 13.3. The lowest BCUT2D eigenvalue weighted by Gasteiger charge is -2.21. The van der Waals surface area contributed by atoms with Crippen LogP contribution in [0.2, 0.25) is 0 Å². The van der Waals surface area contributed by atoms with E-state index in [0.29, 0.717) is 11.4 Å². The van der Waals surface area contributed by atoms with E-state index >= 15 is 0 Å². The molecule has 2 aliphatic heterocycles. The Morgan fingerprint density at radius 1 is 1.23 bits per heavy atom. The normalized spacial score (nSPS) is 21.5. The molecule has 160 valence electrons. The second kappa shape index (κ2) is 7.26. The average Bonchev–Trinajstić information content (AvgIpc) is 3.19. The van der Waals surface area contributed by atoms with Gasteiger partial charge in [-0.25, -0.2) is 4.98 Å². The van der Waals surface area contributed by atoms with Crippen molar-refractivity contribution in [1.29, 1.82) is 0 Å². The van der Waals surface area contributed by atoms with Crippen molar-refractivity contribution in [1.82, 2.24) is 4.98 Å². The van der Waals surface area contributed by atoms with Crippen molar-refractivity contribution >= 4 is 17.5 Å². The molecule has 0 saturated carbocycles. The van der Waals surface area contributed by atoms with Gasteiger partial charge in [0.05, 0.1) is 12.7 Å². The van der Waals surface area contributed by atoms with Gasteiger partial charge in [0.25, 0.3) is 0 Å². The van der Waals surface area contributed by atoms with Crippen LogP contribution in [0.4, 0.5) is 20.4 Å². The highest BCUT2D eigenvalue weighted by atomic mass is 19.3. The zero-order valence-corrected chi connectivity index (χ0v) is 15.8. The van der Waals surface area contributed by atoms with Crippen LogP contribution in [-0.2, 0) is 10.2 Å².